The molecule has 0 atom stereocenters. The maximum Gasteiger partial charge on any atom is 0.418 e. The molecule has 90 valence electrons. The van der Waals surface area contributed by atoms with Crippen molar-refractivity contribution < 1.29 is 18.3 Å². The molecule has 0 aliphatic carbocycles. The number of nitrogens with zero attached hydrogens (tertiary/aromatic N) is 1. The normalized spacial score (nSPS) is 11.8. The lowest BCUT2D eigenvalue weighted by molar-refractivity contribution is -0.137. The fourth-order valence-corrected chi connectivity index (χ4v) is 1.70. The van der Waals surface area contributed by atoms with Gasteiger partial charge in [0, 0.05) is 11.9 Å². The molecule has 2 nitrogen and oxygen atoms in total. The highest BCUT2D eigenvalue weighted by Gasteiger charge is 2.33. The van der Waals surface area contributed by atoms with Gasteiger partial charge in [-0.1, -0.05) is 12.1 Å². The van der Waals surface area contributed by atoms with Crippen LogP contribution >= 0.6 is 0 Å². The summed E-state index contributed by atoms with van der Waals surface area (Å²) in [5.74, 6) is 0. The summed E-state index contributed by atoms with van der Waals surface area (Å²) in [6, 6.07) is 8.45. The van der Waals surface area contributed by atoms with Crippen LogP contribution in [0.5, 0.6) is 0 Å². The third-order valence-corrected chi connectivity index (χ3v) is 2.46. The maximum atomic E-state index is 12.8. The van der Waals surface area contributed by atoms with E-state index in [0.29, 0.717) is 5.69 Å². The van der Waals surface area contributed by atoms with Crippen LogP contribution in [0, 0.1) is 0 Å². The van der Waals surface area contributed by atoms with Gasteiger partial charge in [0.25, 0.3) is 0 Å². The summed E-state index contributed by atoms with van der Waals surface area (Å²) in [4.78, 5) is 0. The lowest BCUT2D eigenvalue weighted by atomic mass is 10.1. The van der Waals surface area contributed by atoms with Crippen LogP contribution in [0.25, 0.3) is 5.69 Å². The SMILES string of the molecule is OCc1cccn1-c1ccccc1C(F)(F)F. The second-order valence-electron chi connectivity index (χ2n) is 3.54. The Kier molecular flexibility index (Phi) is 2.93. The van der Waals surface area contributed by atoms with E-state index in [1.54, 1.807) is 12.1 Å². The molecule has 1 heterocycles. The summed E-state index contributed by atoms with van der Waals surface area (Å²) in [6.07, 6.45) is -2.91. The summed E-state index contributed by atoms with van der Waals surface area (Å²) in [7, 11) is 0. The second kappa shape index (κ2) is 4.25. The molecule has 1 aromatic carbocycles. The summed E-state index contributed by atoms with van der Waals surface area (Å²) in [6.45, 7) is -0.306. The van der Waals surface area contributed by atoms with Gasteiger partial charge in [0.2, 0.25) is 0 Å². The van der Waals surface area contributed by atoms with Gasteiger partial charge in [-0.2, -0.15) is 13.2 Å². The number of benzene rings is 1. The second-order valence-corrected chi connectivity index (χ2v) is 3.54. The van der Waals surface area contributed by atoms with Crippen molar-refractivity contribution in [3.05, 3.63) is 53.9 Å². The molecule has 17 heavy (non-hydrogen) atoms. The Hall–Kier alpha value is -1.75. The van der Waals surface area contributed by atoms with Crippen molar-refractivity contribution in [2.45, 2.75) is 12.8 Å². The highest BCUT2D eigenvalue weighted by molar-refractivity contribution is 5.44. The van der Waals surface area contributed by atoms with Crippen molar-refractivity contribution >= 4 is 0 Å². The van der Waals surface area contributed by atoms with E-state index in [4.69, 9.17) is 5.11 Å². The van der Waals surface area contributed by atoms with E-state index in [0.717, 1.165) is 6.07 Å². The van der Waals surface area contributed by atoms with Crippen LogP contribution in [-0.2, 0) is 12.8 Å². The minimum atomic E-state index is -4.41. The Balaban J connectivity index is 2.60. The van der Waals surface area contributed by atoms with Gasteiger partial charge < -0.3 is 9.67 Å². The van der Waals surface area contributed by atoms with Gasteiger partial charge in [-0.05, 0) is 24.3 Å². The molecule has 5 heteroatoms. The number of alkyl halides is 3. The highest BCUT2D eigenvalue weighted by atomic mass is 19.4. The molecule has 1 N–H and O–H groups in total. The van der Waals surface area contributed by atoms with E-state index in [2.05, 4.69) is 0 Å². The van der Waals surface area contributed by atoms with Gasteiger partial charge in [-0.15, -0.1) is 0 Å². The molecule has 0 unspecified atom stereocenters. The third-order valence-electron chi connectivity index (χ3n) is 2.46. The lowest BCUT2D eigenvalue weighted by Crippen LogP contribution is -2.11. The van der Waals surface area contributed by atoms with Crippen molar-refractivity contribution in [2.24, 2.45) is 0 Å². The molecule has 1 aromatic heterocycles. The molecule has 0 saturated heterocycles. The molecule has 0 saturated carbocycles. The van der Waals surface area contributed by atoms with Crippen molar-refractivity contribution in [3.63, 3.8) is 0 Å². The largest absolute Gasteiger partial charge is 0.418 e. The zero-order valence-electron chi connectivity index (χ0n) is 8.78. The Morgan fingerprint density at radius 2 is 1.76 bits per heavy atom. The number of rotatable bonds is 2. The summed E-state index contributed by atoms with van der Waals surface area (Å²) >= 11 is 0. The number of aliphatic hydroxyl groups is 1. The van der Waals surface area contributed by atoms with Crippen LogP contribution in [0.1, 0.15) is 11.3 Å². The highest BCUT2D eigenvalue weighted by Crippen LogP contribution is 2.34. The molecule has 2 rings (SSSR count). The number of aromatic nitrogens is 1. The van der Waals surface area contributed by atoms with Crippen LogP contribution in [-0.4, -0.2) is 9.67 Å². The van der Waals surface area contributed by atoms with E-state index in [-0.39, 0.29) is 12.3 Å². The fraction of sp³-hybridized carbons (Fsp3) is 0.167. The van der Waals surface area contributed by atoms with E-state index >= 15 is 0 Å². The van der Waals surface area contributed by atoms with Crippen molar-refractivity contribution in [1.29, 1.82) is 0 Å². The fourth-order valence-electron chi connectivity index (χ4n) is 1.70. The Morgan fingerprint density at radius 1 is 1.06 bits per heavy atom. The first-order chi connectivity index (χ1) is 8.04. The minimum absolute atomic E-state index is 0.0223. The topological polar surface area (TPSA) is 25.2 Å². The zero-order chi connectivity index (χ0) is 12.5. The van der Waals surface area contributed by atoms with Crippen LogP contribution in [0.2, 0.25) is 0 Å². The Morgan fingerprint density at radius 3 is 2.41 bits per heavy atom. The number of aliphatic hydroxyl groups excluding tert-OH is 1. The number of hydrogen-bond acceptors (Lipinski definition) is 1. The van der Waals surface area contributed by atoms with Crippen molar-refractivity contribution in [1.82, 2.24) is 4.57 Å². The molecule has 0 radical (unpaired) electrons. The van der Waals surface area contributed by atoms with E-state index in [1.807, 2.05) is 0 Å². The molecular weight excluding hydrogens is 231 g/mol. The first-order valence-corrected chi connectivity index (χ1v) is 4.97. The van der Waals surface area contributed by atoms with E-state index < -0.39 is 11.7 Å². The van der Waals surface area contributed by atoms with Crippen molar-refractivity contribution in [2.75, 3.05) is 0 Å². The van der Waals surface area contributed by atoms with Gasteiger partial charge >= 0.3 is 6.18 Å². The molecular formula is C12H10F3NO. The standard InChI is InChI=1S/C12H10F3NO/c13-12(14,15)10-5-1-2-6-11(10)16-7-3-4-9(16)8-17/h1-7,17H,8H2. The van der Waals surface area contributed by atoms with Crippen LogP contribution in [0.3, 0.4) is 0 Å². The summed E-state index contributed by atoms with van der Waals surface area (Å²) in [5.41, 5.74) is -0.276. The first kappa shape index (κ1) is 11.7. The quantitative estimate of drug-likeness (QED) is 0.859. The molecule has 0 bridgehead atoms. The minimum Gasteiger partial charge on any atom is -0.390 e. The first-order valence-electron chi connectivity index (χ1n) is 4.97. The zero-order valence-corrected chi connectivity index (χ0v) is 8.78. The van der Waals surface area contributed by atoms with Crippen LogP contribution in [0.15, 0.2) is 42.6 Å². The van der Waals surface area contributed by atoms with Gasteiger partial charge in [0.1, 0.15) is 0 Å². The molecule has 0 amide bonds. The third kappa shape index (κ3) is 2.19. The smallest absolute Gasteiger partial charge is 0.390 e. The number of hydrogen-bond donors (Lipinski definition) is 1. The van der Waals surface area contributed by atoms with E-state index in [1.165, 1.54) is 29.0 Å². The predicted molar refractivity (Wildman–Crippen MR) is 56.7 cm³/mol. The van der Waals surface area contributed by atoms with Gasteiger partial charge in [-0.3, -0.25) is 0 Å². The lowest BCUT2D eigenvalue weighted by Gasteiger charge is -2.15. The number of halogens is 3. The molecule has 0 aliphatic heterocycles. The monoisotopic (exact) mass is 241 g/mol. The Bertz CT molecular complexity index is 516. The Labute approximate surface area is 95.9 Å². The maximum absolute atomic E-state index is 12.8. The molecule has 0 aliphatic rings. The molecule has 0 spiro atoms. The average molecular weight is 241 g/mol. The van der Waals surface area contributed by atoms with Gasteiger partial charge in [-0.25, -0.2) is 0 Å². The van der Waals surface area contributed by atoms with Gasteiger partial charge in [0.05, 0.1) is 17.9 Å². The van der Waals surface area contributed by atoms with Crippen molar-refractivity contribution in [3.8, 4) is 5.69 Å². The molecule has 0 fully saturated rings. The average Bonchev–Trinajstić information content (AvgIpc) is 2.75. The van der Waals surface area contributed by atoms with Gasteiger partial charge in [0.15, 0.2) is 0 Å². The predicted octanol–water partition coefficient (Wildman–Crippen LogP) is 2.99. The molecule has 2 aromatic rings. The number of para-hydroxylation sites is 1. The van der Waals surface area contributed by atoms with Crippen LogP contribution in [0.4, 0.5) is 13.2 Å². The summed E-state index contributed by atoms with van der Waals surface area (Å²) in [5, 5.41) is 9.06. The van der Waals surface area contributed by atoms with E-state index in [9.17, 15) is 13.2 Å². The van der Waals surface area contributed by atoms with Crippen LogP contribution < -0.4 is 0 Å². The summed E-state index contributed by atoms with van der Waals surface area (Å²) < 4.78 is 39.7.